The van der Waals surface area contributed by atoms with Crippen LogP contribution in [-0.2, 0) is 19.9 Å². The highest BCUT2D eigenvalue weighted by Crippen LogP contribution is 2.40. The van der Waals surface area contributed by atoms with Crippen molar-refractivity contribution in [3.63, 3.8) is 0 Å². The standard InChI is InChI=1S/C14H15N5S/c1-15-13-11-8-4-3-5-10(8)20-14(11)17-12(16-13)9-6-7-19(2)18-9/h6-7H,3-5H2,1-2H3,(H,15,16,17). The van der Waals surface area contributed by atoms with Crippen molar-refractivity contribution < 1.29 is 0 Å². The Bertz CT molecular complexity index is 801. The van der Waals surface area contributed by atoms with Crippen LogP contribution in [0.15, 0.2) is 12.3 Å². The van der Waals surface area contributed by atoms with Crippen molar-refractivity contribution in [3.8, 4) is 11.5 Å². The van der Waals surface area contributed by atoms with E-state index in [1.807, 2.05) is 26.4 Å². The van der Waals surface area contributed by atoms with Gasteiger partial charge in [-0.15, -0.1) is 11.3 Å². The third-order valence-electron chi connectivity index (χ3n) is 3.74. The maximum atomic E-state index is 4.72. The molecule has 0 saturated carbocycles. The van der Waals surface area contributed by atoms with Gasteiger partial charge in [0.05, 0.1) is 5.39 Å². The van der Waals surface area contributed by atoms with Crippen LogP contribution in [0.25, 0.3) is 21.7 Å². The minimum absolute atomic E-state index is 0.697. The third-order valence-corrected chi connectivity index (χ3v) is 4.93. The predicted octanol–water partition coefficient (Wildman–Crippen LogP) is 2.62. The number of nitrogens with zero attached hydrogens (tertiary/aromatic N) is 4. The van der Waals surface area contributed by atoms with Gasteiger partial charge in [-0.3, -0.25) is 4.68 Å². The van der Waals surface area contributed by atoms with Crippen LogP contribution in [0.1, 0.15) is 16.9 Å². The highest BCUT2D eigenvalue weighted by Gasteiger charge is 2.22. The van der Waals surface area contributed by atoms with E-state index in [1.54, 1.807) is 16.0 Å². The summed E-state index contributed by atoms with van der Waals surface area (Å²) >= 11 is 1.81. The molecule has 0 amide bonds. The fourth-order valence-corrected chi connectivity index (χ4v) is 4.09. The quantitative estimate of drug-likeness (QED) is 0.786. The molecule has 0 bridgehead atoms. The number of anilines is 1. The summed E-state index contributed by atoms with van der Waals surface area (Å²) in [5, 5.41) is 8.83. The molecule has 3 aromatic heterocycles. The molecule has 0 aliphatic heterocycles. The van der Waals surface area contributed by atoms with Gasteiger partial charge in [-0.25, -0.2) is 9.97 Å². The van der Waals surface area contributed by atoms with E-state index in [0.717, 1.165) is 22.8 Å². The van der Waals surface area contributed by atoms with E-state index in [-0.39, 0.29) is 0 Å². The summed E-state index contributed by atoms with van der Waals surface area (Å²) in [5.74, 6) is 1.62. The van der Waals surface area contributed by atoms with Crippen LogP contribution in [0.2, 0.25) is 0 Å². The Hall–Kier alpha value is -1.95. The summed E-state index contributed by atoms with van der Waals surface area (Å²) in [5.41, 5.74) is 2.27. The van der Waals surface area contributed by atoms with Crippen molar-refractivity contribution in [3.05, 3.63) is 22.7 Å². The molecule has 20 heavy (non-hydrogen) atoms. The number of fused-ring (bicyclic) bond motifs is 3. The largest absolute Gasteiger partial charge is 0.372 e. The van der Waals surface area contributed by atoms with Crippen LogP contribution in [0.5, 0.6) is 0 Å². The lowest BCUT2D eigenvalue weighted by Gasteiger charge is -2.05. The average Bonchev–Trinajstić information content (AvgIpc) is 3.12. The van der Waals surface area contributed by atoms with E-state index < -0.39 is 0 Å². The second-order valence-electron chi connectivity index (χ2n) is 5.06. The van der Waals surface area contributed by atoms with Gasteiger partial charge in [0.1, 0.15) is 16.3 Å². The topological polar surface area (TPSA) is 55.6 Å². The van der Waals surface area contributed by atoms with E-state index in [4.69, 9.17) is 4.98 Å². The monoisotopic (exact) mass is 285 g/mol. The smallest absolute Gasteiger partial charge is 0.183 e. The lowest BCUT2D eigenvalue weighted by Crippen LogP contribution is -1.99. The van der Waals surface area contributed by atoms with Gasteiger partial charge in [-0.05, 0) is 30.9 Å². The lowest BCUT2D eigenvalue weighted by molar-refractivity contribution is 0.769. The van der Waals surface area contributed by atoms with E-state index in [0.29, 0.717) is 5.82 Å². The molecule has 0 spiro atoms. The number of hydrogen-bond donors (Lipinski definition) is 1. The minimum atomic E-state index is 0.697. The Balaban J connectivity index is 1.97. The van der Waals surface area contributed by atoms with Crippen LogP contribution in [0, 0.1) is 0 Å². The average molecular weight is 285 g/mol. The first-order valence-electron chi connectivity index (χ1n) is 6.76. The van der Waals surface area contributed by atoms with Crippen molar-refractivity contribution in [2.75, 3.05) is 12.4 Å². The zero-order valence-electron chi connectivity index (χ0n) is 11.5. The zero-order valence-corrected chi connectivity index (χ0v) is 12.3. The molecule has 0 radical (unpaired) electrons. The molecule has 1 aliphatic rings. The van der Waals surface area contributed by atoms with Crippen molar-refractivity contribution in [2.45, 2.75) is 19.3 Å². The molecule has 0 atom stereocenters. The van der Waals surface area contributed by atoms with Gasteiger partial charge in [-0.1, -0.05) is 0 Å². The predicted molar refractivity (Wildman–Crippen MR) is 81.2 cm³/mol. The molecule has 3 heterocycles. The van der Waals surface area contributed by atoms with Crippen molar-refractivity contribution in [2.24, 2.45) is 7.05 Å². The van der Waals surface area contributed by atoms with Gasteiger partial charge in [0.25, 0.3) is 0 Å². The van der Waals surface area contributed by atoms with Crippen LogP contribution in [0.4, 0.5) is 5.82 Å². The summed E-state index contributed by atoms with van der Waals surface area (Å²) in [6, 6.07) is 1.95. The molecular weight excluding hydrogens is 270 g/mol. The Morgan fingerprint density at radius 2 is 2.20 bits per heavy atom. The molecule has 5 nitrogen and oxygen atoms in total. The van der Waals surface area contributed by atoms with Crippen LogP contribution >= 0.6 is 11.3 Å². The van der Waals surface area contributed by atoms with Crippen molar-refractivity contribution >= 4 is 27.4 Å². The van der Waals surface area contributed by atoms with E-state index in [9.17, 15) is 0 Å². The van der Waals surface area contributed by atoms with Gasteiger partial charge in [-0.2, -0.15) is 5.10 Å². The first-order valence-corrected chi connectivity index (χ1v) is 7.58. The number of hydrogen-bond acceptors (Lipinski definition) is 5. The first kappa shape index (κ1) is 11.8. The number of rotatable bonds is 2. The second kappa shape index (κ2) is 4.28. The van der Waals surface area contributed by atoms with Crippen molar-refractivity contribution in [1.29, 1.82) is 0 Å². The Morgan fingerprint density at radius 1 is 1.30 bits per heavy atom. The summed E-state index contributed by atoms with van der Waals surface area (Å²) < 4.78 is 1.77. The number of nitrogens with one attached hydrogen (secondary N) is 1. The lowest BCUT2D eigenvalue weighted by atomic mass is 10.2. The van der Waals surface area contributed by atoms with Gasteiger partial charge in [0.15, 0.2) is 5.82 Å². The molecule has 102 valence electrons. The number of aryl methyl sites for hydroxylation is 3. The highest BCUT2D eigenvalue weighted by atomic mass is 32.1. The Labute approximate surface area is 120 Å². The summed E-state index contributed by atoms with van der Waals surface area (Å²) in [4.78, 5) is 11.9. The van der Waals surface area contributed by atoms with Gasteiger partial charge in [0, 0.05) is 25.2 Å². The molecule has 0 aromatic carbocycles. The first-order chi connectivity index (χ1) is 9.76. The minimum Gasteiger partial charge on any atom is -0.372 e. The molecule has 1 N–H and O–H groups in total. The summed E-state index contributed by atoms with van der Waals surface area (Å²) in [6.07, 6.45) is 5.49. The van der Waals surface area contributed by atoms with Crippen LogP contribution in [0.3, 0.4) is 0 Å². The summed E-state index contributed by atoms with van der Waals surface area (Å²) in [7, 11) is 3.82. The molecule has 6 heteroatoms. The maximum Gasteiger partial charge on any atom is 0.183 e. The van der Waals surface area contributed by atoms with Crippen molar-refractivity contribution in [1.82, 2.24) is 19.7 Å². The van der Waals surface area contributed by atoms with Crippen LogP contribution in [-0.4, -0.2) is 26.8 Å². The number of thiophene rings is 1. The van der Waals surface area contributed by atoms with E-state index >= 15 is 0 Å². The zero-order chi connectivity index (χ0) is 13.7. The Morgan fingerprint density at radius 3 is 2.95 bits per heavy atom. The van der Waals surface area contributed by atoms with Gasteiger partial charge < -0.3 is 5.32 Å². The third kappa shape index (κ3) is 1.64. The fourth-order valence-electron chi connectivity index (χ4n) is 2.83. The van der Waals surface area contributed by atoms with E-state index in [2.05, 4.69) is 15.4 Å². The molecule has 3 aromatic rings. The van der Waals surface area contributed by atoms with Gasteiger partial charge in [0.2, 0.25) is 0 Å². The second-order valence-corrected chi connectivity index (χ2v) is 6.14. The molecule has 1 aliphatic carbocycles. The molecule has 0 unspecified atom stereocenters. The normalized spacial score (nSPS) is 13.9. The highest BCUT2D eigenvalue weighted by molar-refractivity contribution is 7.19. The molecule has 0 saturated heterocycles. The maximum absolute atomic E-state index is 4.72. The molecule has 4 rings (SSSR count). The SMILES string of the molecule is CNc1nc(-c2ccn(C)n2)nc2sc3c(c12)CCC3. The van der Waals surface area contributed by atoms with Crippen LogP contribution < -0.4 is 5.32 Å². The van der Waals surface area contributed by atoms with Gasteiger partial charge >= 0.3 is 0 Å². The molecular formula is C14H15N5S. The fraction of sp³-hybridized carbons (Fsp3) is 0.357. The number of aromatic nitrogens is 4. The Kier molecular flexibility index (Phi) is 2.53. The molecule has 0 fully saturated rings. The summed E-state index contributed by atoms with van der Waals surface area (Å²) in [6.45, 7) is 0. The van der Waals surface area contributed by atoms with E-state index in [1.165, 1.54) is 28.7 Å².